The standard InChI is InChI=1S/C10H15N3O/c11-9-5-8-7(6-14-13-8)10(9)1-3-12-4-2-10/h6,9,12H,1-5,11H2. The summed E-state index contributed by atoms with van der Waals surface area (Å²) in [5, 5.41) is 7.39. The minimum atomic E-state index is 0.153. The lowest BCUT2D eigenvalue weighted by atomic mass is 9.72. The van der Waals surface area contributed by atoms with Gasteiger partial charge in [-0.1, -0.05) is 5.16 Å². The highest BCUT2D eigenvalue weighted by Crippen LogP contribution is 2.43. The van der Waals surface area contributed by atoms with Crippen molar-refractivity contribution in [2.45, 2.75) is 30.7 Å². The largest absolute Gasteiger partial charge is 0.364 e. The van der Waals surface area contributed by atoms with Crippen molar-refractivity contribution in [2.24, 2.45) is 5.73 Å². The number of hydrogen-bond donors (Lipinski definition) is 2. The Labute approximate surface area is 82.8 Å². The molecular weight excluding hydrogens is 178 g/mol. The number of nitrogens with two attached hydrogens (primary N) is 1. The first kappa shape index (κ1) is 8.44. The normalized spacial score (nSPS) is 29.4. The number of aromatic nitrogens is 1. The molecule has 0 saturated carbocycles. The predicted molar refractivity (Wildman–Crippen MR) is 52.0 cm³/mol. The summed E-state index contributed by atoms with van der Waals surface area (Å²) in [6, 6.07) is 0.235. The molecule has 0 aromatic carbocycles. The van der Waals surface area contributed by atoms with E-state index in [4.69, 9.17) is 10.3 Å². The Hall–Kier alpha value is -0.870. The molecule has 3 rings (SSSR count). The van der Waals surface area contributed by atoms with Crippen molar-refractivity contribution in [1.82, 2.24) is 10.5 Å². The SMILES string of the molecule is NC1Cc2nocc2C12CCNCC2. The average Bonchev–Trinajstić information content (AvgIpc) is 2.74. The molecule has 1 aliphatic carbocycles. The predicted octanol–water partition coefficient (Wildman–Crippen LogP) is 0.179. The van der Waals surface area contributed by atoms with E-state index in [0.717, 1.165) is 38.0 Å². The fourth-order valence-corrected chi connectivity index (χ4v) is 2.93. The first-order valence-electron chi connectivity index (χ1n) is 5.23. The molecule has 0 radical (unpaired) electrons. The Balaban J connectivity index is 2.05. The van der Waals surface area contributed by atoms with Gasteiger partial charge in [-0.3, -0.25) is 0 Å². The van der Waals surface area contributed by atoms with E-state index in [2.05, 4.69) is 10.5 Å². The van der Waals surface area contributed by atoms with Gasteiger partial charge < -0.3 is 15.6 Å². The Morgan fingerprint density at radius 3 is 3.07 bits per heavy atom. The second kappa shape index (κ2) is 2.81. The Kier molecular flexibility index (Phi) is 1.69. The average molecular weight is 193 g/mol. The molecule has 4 nitrogen and oxygen atoms in total. The van der Waals surface area contributed by atoms with E-state index in [1.54, 1.807) is 6.26 Å². The molecule has 1 aromatic rings. The van der Waals surface area contributed by atoms with Gasteiger partial charge in [0.2, 0.25) is 0 Å². The maximum atomic E-state index is 6.23. The van der Waals surface area contributed by atoms with Crippen LogP contribution in [0.3, 0.4) is 0 Å². The van der Waals surface area contributed by atoms with Crippen molar-refractivity contribution in [3.05, 3.63) is 17.5 Å². The summed E-state index contributed by atoms with van der Waals surface area (Å²) in [7, 11) is 0. The van der Waals surface area contributed by atoms with E-state index >= 15 is 0 Å². The number of fused-ring (bicyclic) bond motifs is 2. The van der Waals surface area contributed by atoms with Gasteiger partial charge >= 0.3 is 0 Å². The quantitative estimate of drug-likeness (QED) is 0.617. The number of hydrogen-bond acceptors (Lipinski definition) is 4. The zero-order chi connectivity index (χ0) is 9.60. The molecule has 1 atom stereocenters. The fraction of sp³-hybridized carbons (Fsp3) is 0.700. The van der Waals surface area contributed by atoms with E-state index in [0.29, 0.717) is 0 Å². The van der Waals surface area contributed by atoms with Gasteiger partial charge in [0.25, 0.3) is 0 Å². The second-order valence-corrected chi connectivity index (χ2v) is 4.39. The molecule has 14 heavy (non-hydrogen) atoms. The monoisotopic (exact) mass is 193 g/mol. The Morgan fingerprint density at radius 2 is 2.29 bits per heavy atom. The minimum absolute atomic E-state index is 0.153. The van der Waals surface area contributed by atoms with Gasteiger partial charge in [0.05, 0.1) is 5.69 Å². The summed E-state index contributed by atoms with van der Waals surface area (Å²) in [5.74, 6) is 0. The van der Waals surface area contributed by atoms with Gasteiger partial charge in [-0.05, 0) is 25.9 Å². The zero-order valence-electron chi connectivity index (χ0n) is 8.12. The van der Waals surface area contributed by atoms with Crippen molar-refractivity contribution in [1.29, 1.82) is 0 Å². The smallest absolute Gasteiger partial charge is 0.127 e. The van der Waals surface area contributed by atoms with Gasteiger partial charge in [0.15, 0.2) is 0 Å². The third-order valence-electron chi connectivity index (χ3n) is 3.80. The summed E-state index contributed by atoms with van der Waals surface area (Å²) >= 11 is 0. The van der Waals surface area contributed by atoms with Crippen LogP contribution >= 0.6 is 0 Å². The molecule has 1 unspecified atom stereocenters. The molecule has 1 aromatic heterocycles. The van der Waals surface area contributed by atoms with Crippen LogP contribution in [0.1, 0.15) is 24.1 Å². The number of nitrogens with one attached hydrogen (secondary N) is 1. The topological polar surface area (TPSA) is 64.1 Å². The summed E-state index contributed by atoms with van der Waals surface area (Å²) in [6.07, 6.45) is 4.91. The van der Waals surface area contributed by atoms with Gasteiger partial charge in [-0.2, -0.15) is 0 Å². The third kappa shape index (κ3) is 0.925. The lowest BCUT2D eigenvalue weighted by Crippen LogP contribution is -2.49. The molecule has 1 spiro atoms. The van der Waals surface area contributed by atoms with Crippen LogP contribution in [0.4, 0.5) is 0 Å². The number of nitrogens with zero attached hydrogens (tertiary/aromatic N) is 1. The number of rotatable bonds is 0. The van der Waals surface area contributed by atoms with Crippen LogP contribution in [0.2, 0.25) is 0 Å². The van der Waals surface area contributed by atoms with Crippen LogP contribution < -0.4 is 11.1 Å². The first-order valence-corrected chi connectivity index (χ1v) is 5.23. The van der Waals surface area contributed by atoms with Crippen molar-refractivity contribution in [3.63, 3.8) is 0 Å². The maximum Gasteiger partial charge on any atom is 0.127 e. The van der Waals surface area contributed by atoms with Gasteiger partial charge in [0, 0.05) is 23.4 Å². The number of piperidine rings is 1. The van der Waals surface area contributed by atoms with Crippen LogP contribution in [0, 0.1) is 0 Å². The third-order valence-corrected chi connectivity index (χ3v) is 3.80. The summed E-state index contributed by atoms with van der Waals surface area (Å²) in [4.78, 5) is 0. The summed E-state index contributed by atoms with van der Waals surface area (Å²) in [6.45, 7) is 2.11. The van der Waals surface area contributed by atoms with Gasteiger partial charge in [0.1, 0.15) is 6.26 Å². The zero-order valence-corrected chi connectivity index (χ0v) is 8.12. The summed E-state index contributed by atoms with van der Waals surface area (Å²) in [5.41, 5.74) is 8.74. The van der Waals surface area contributed by atoms with E-state index in [1.165, 1.54) is 5.56 Å². The van der Waals surface area contributed by atoms with Crippen molar-refractivity contribution >= 4 is 0 Å². The van der Waals surface area contributed by atoms with Crippen LogP contribution in [-0.2, 0) is 11.8 Å². The lowest BCUT2D eigenvalue weighted by molar-refractivity contribution is 0.265. The van der Waals surface area contributed by atoms with Crippen LogP contribution in [0.15, 0.2) is 10.8 Å². The van der Waals surface area contributed by atoms with Crippen molar-refractivity contribution in [2.75, 3.05) is 13.1 Å². The van der Waals surface area contributed by atoms with E-state index in [9.17, 15) is 0 Å². The fourth-order valence-electron chi connectivity index (χ4n) is 2.93. The minimum Gasteiger partial charge on any atom is -0.364 e. The van der Waals surface area contributed by atoms with Crippen LogP contribution in [-0.4, -0.2) is 24.3 Å². The molecule has 1 fully saturated rings. The highest BCUT2D eigenvalue weighted by Gasteiger charge is 2.47. The van der Waals surface area contributed by atoms with E-state index in [-0.39, 0.29) is 11.5 Å². The molecule has 2 aliphatic rings. The van der Waals surface area contributed by atoms with Crippen molar-refractivity contribution in [3.8, 4) is 0 Å². The molecule has 4 heteroatoms. The molecule has 3 N–H and O–H groups in total. The van der Waals surface area contributed by atoms with Crippen LogP contribution in [0.25, 0.3) is 0 Å². The van der Waals surface area contributed by atoms with E-state index < -0.39 is 0 Å². The molecular formula is C10H15N3O. The highest BCUT2D eigenvalue weighted by molar-refractivity contribution is 5.36. The van der Waals surface area contributed by atoms with E-state index in [1.807, 2.05) is 0 Å². The molecule has 2 heterocycles. The molecule has 76 valence electrons. The van der Waals surface area contributed by atoms with Gasteiger partial charge in [-0.15, -0.1) is 0 Å². The molecule has 1 saturated heterocycles. The highest BCUT2D eigenvalue weighted by atomic mass is 16.5. The maximum absolute atomic E-state index is 6.23. The van der Waals surface area contributed by atoms with Crippen LogP contribution in [0.5, 0.6) is 0 Å². The lowest BCUT2D eigenvalue weighted by Gasteiger charge is -2.37. The Bertz CT molecular complexity index is 341. The van der Waals surface area contributed by atoms with Gasteiger partial charge in [-0.25, -0.2) is 0 Å². The Morgan fingerprint density at radius 1 is 1.50 bits per heavy atom. The molecule has 0 bridgehead atoms. The first-order chi connectivity index (χ1) is 6.83. The molecule has 0 amide bonds. The summed E-state index contributed by atoms with van der Waals surface area (Å²) < 4.78 is 5.04. The second-order valence-electron chi connectivity index (χ2n) is 4.39. The van der Waals surface area contributed by atoms with Crippen molar-refractivity contribution < 1.29 is 4.52 Å². The molecule has 1 aliphatic heterocycles.